The SMILES string of the molecule is Cc1ccc(-c2noc([C@@H]3CCCCN3)n2)cc1.Cl. The van der Waals surface area contributed by atoms with Crippen molar-refractivity contribution in [1.29, 1.82) is 0 Å². The molecule has 1 aromatic carbocycles. The van der Waals surface area contributed by atoms with E-state index in [0.29, 0.717) is 11.7 Å². The van der Waals surface area contributed by atoms with Gasteiger partial charge < -0.3 is 9.84 Å². The summed E-state index contributed by atoms with van der Waals surface area (Å²) in [5, 5.41) is 7.48. The lowest BCUT2D eigenvalue weighted by Gasteiger charge is -2.19. The molecule has 1 aliphatic heterocycles. The normalized spacial score (nSPS) is 18.9. The zero-order chi connectivity index (χ0) is 12.4. The smallest absolute Gasteiger partial charge is 0.244 e. The number of aromatic nitrogens is 2. The molecule has 3 rings (SSSR count). The molecule has 1 fully saturated rings. The van der Waals surface area contributed by atoms with E-state index in [1.54, 1.807) is 0 Å². The summed E-state index contributed by atoms with van der Waals surface area (Å²) in [6, 6.07) is 8.40. The van der Waals surface area contributed by atoms with Crippen LogP contribution in [0.1, 0.15) is 36.8 Å². The molecular weight excluding hydrogens is 262 g/mol. The van der Waals surface area contributed by atoms with Crippen LogP contribution < -0.4 is 5.32 Å². The molecule has 2 aromatic rings. The molecule has 4 nitrogen and oxygen atoms in total. The monoisotopic (exact) mass is 279 g/mol. The van der Waals surface area contributed by atoms with Crippen LogP contribution in [0.5, 0.6) is 0 Å². The Morgan fingerprint density at radius 3 is 2.68 bits per heavy atom. The average Bonchev–Trinajstić information content (AvgIpc) is 2.90. The van der Waals surface area contributed by atoms with Crippen molar-refractivity contribution in [3.05, 3.63) is 35.7 Å². The molecule has 0 saturated carbocycles. The second kappa shape index (κ2) is 6.17. The van der Waals surface area contributed by atoms with Gasteiger partial charge in [0.15, 0.2) is 0 Å². The molecule has 0 spiro atoms. The first-order valence-corrected chi connectivity index (χ1v) is 6.47. The van der Waals surface area contributed by atoms with Crippen LogP contribution in [0.25, 0.3) is 11.4 Å². The van der Waals surface area contributed by atoms with E-state index >= 15 is 0 Å². The lowest BCUT2D eigenvalue weighted by atomic mass is 10.1. The van der Waals surface area contributed by atoms with Crippen LogP contribution in [-0.4, -0.2) is 16.7 Å². The molecule has 1 aliphatic rings. The highest BCUT2D eigenvalue weighted by Crippen LogP contribution is 2.24. The second-order valence-electron chi connectivity index (χ2n) is 4.82. The Hall–Kier alpha value is -1.39. The van der Waals surface area contributed by atoms with Crippen molar-refractivity contribution in [2.45, 2.75) is 32.2 Å². The Labute approximate surface area is 119 Å². The van der Waals surface area contributed by atoms with Crippen LogP contribution in [0, 0.1) is 6.92 Å². The second-order valence-corrected chi connectivity index (χ2v) is 4.82. The van der Waals surface area contributed by atoms with Gasteiger partial charge in [0.25, 0.3) is 0 Å². The van der Waals surface area contributed by atoms with E-state index in [2.05, 4.69) is 34.5 Å². The number of aryl methyl sites for hydroxylation is 1. The minimum Gasteiger partial charge on any atom is -0.337 e. The van der Waals surface area contributed by atoms with Crippen LogP contribution in [0.4, 0.5) is 0 Å². The summed E-state index contributed by atoms with van der Waals surface area (Å²) in [5.41, 5.74) is 2.24. The van der Waals surface area contributed by atoms with E-state index in [4.69, 9.17) is 4.52 Å². The maximum absolute atomic E-state index is 5.37. The molecule has 0 bridgehead atoms. The zero-order valence-corrected chi connectivity index (χ0v) is 11.7. The Balaban J connectivity index is 0.00000133. The molecule has 2 heterocycles. The standard InChI is InChI=1S/C14H17N3O.ClH/c1-10-5-7-11(8-6-10)13-16-14(18-17-13)12-4-2-3-9-15-12;/h5-8,12,15H,2-4,9H2,1H3;1H/t12-;/m0./s1. The third kappa shape index (κ3) is 3.14. The van der Waals surface area contributed by atoms with Crippen LogP contribution in [0.2, 0.25) is 0 Å². The highest BCUT2D eigenvalue weighted by molar-refractivity contribution is 5.85. The third-order valence-corrected chi connectivity index (χ3v) is 3.36. The third-order valence-electron chi connectivity index (χ3n) is 3.36. The minimum atomic E-state index is 0. The van der Waals surface area contributed by atoms with Gasteiger partial charge in [-0.25, -0.2) is 0 Å². The van der Waals surface area contributed by atoms with Gasteiger partial charge in [-0.2, -0.15) is 4.98 Å². The lowest BCUT2D eigenvalue weighted by Crippen LogP contribution is -2.26. The van der Waals surface area contributed by atoms with Crippen LogP contribution in [0.3, 0.4) is 0 Å². The first-order valence-electron chi connectivity index (χ1n) is 6.47. The molecule has 102 valence electrons. The quantitative estimate of drug-likeness (QED) is 0.916. The maximum atomic E-state index is 5.37. The van der Waals surface area contributed by atoms with Gasteiger partial charge in [-0.1, -0.05) is 41.4 Å². The van der Waals surface area contributed by atoms with Crippen molar-refractivity contribution in [3.63, 3.8) is 0 Å². The molecule has 5 heteroatoms. The van der Waals surface area contributed by atoms with Crippen LogP contribution in [-0.2, 0) is 0 Å². The Morgan fingerprint density at radius 1 is 1.21 bits per heavy atom. The predicted octanol–water partition coefficient (Wildman–Crippen LogP) is 3.28. The maximum Gasteiger partial charge on any atom is 0.244 e. The van der Waals surface area contributed by atoms with Gasteiger partial charge in [0.2, 0.25) is 11.7 Å². The first kappa shape index (κ1) is 14.0. The van der Waals surface area contributed by atoms with Crippen molar-refractivity contribution < 1.29 is 4.52 Å². The minimum absolute atomic E-state index is 0. The lowest BCUT2D eigenvalue weighted by molar-refractivity contribution is 0.297. The number of nitrogens with zero attached hydrogens (tertiary/aromatic N) is 2. The zero-order valence-electron chi connectivity index (χ0n) is 10.9. The van der Waals surface area contributed by atoms with Gasteiger partial charge in [0.05, 0.1) is 6.04 Å². The number of benzene rings is 1. The largest absolute Gasteiger partial charge is 0.337 e. The summed E-state index contributed by atoms with van der Waals surface area (Å²) < 4.78 is 5.37. The molecule has 1 N–H and O–H groups in total. The van der Waals surface area contributed by atoms with Gasteiger partial charge >= 0.3 is 0 Å². The number of halogens is 1. The molecule has 1 aromatic heterocycles. The van der Waals surface area contributed by atoms with Gasteiger partial charge in [0.1, 0.15) is 0 Å². The van der Waals surface area contributed by atoms with E-state index < -0.39 is 0 Å². The summed E-state index contributed by atoms with van der Waals surface area (Å²) in [4.78, 5) is 4.49. The number of hydrogen-bond donors (Lipinski definition) is 1. The predicted molar refractivity (Wildman–Crippen MR) is 76.3 cm³/mol. The Bertz CT molecular complexity index is 518. The fourth-order valence-corrected chi connectivity index (χ4v) is 2.26. The van der Waals surface area contributed by atoms with E-state index in [9.17, 15) is 0 Å². The van der Waals surface area contributed by atoms with Gasteiger partial charge in [-0.05, 0) is 26.3 Å². The van der Waals surface area contributed by atoms with Crippen molar-refractivity contribution in [2.24, 2.45) is 0 Å². The molecule has 0 radical (unpaired) electrons. The summed E-state index contributed by atoms with van der Waals surface area (Å²) in [6.45, 7) is 3.10. The van der Waals surface area contributed by atoms with Gasteiger partial charge in [-0.15, -0.1) is 12.4 Å². The number of nitrogens with one attached hydrogen (secondary N) is 1. The fourth-order valence-electron chi connectivity index (χ4n) is 2.26. The van der Waals surface area contributed by atoms with E-state index in [0.717, 1.165) is 18.5 Å². The van der Waals surface area contributed by atoms with E-state index in [1.165, 1.54) is 18.4 Å². The van der Waals surface area contributed by atoms with Gasteiger partial charge in [-0.3, -0.25) is 0 Å². The number of piperidine rings is 1. The fraction of sp³-hybridized carbons (Fsp3) is 0.429. The summed E-state index contributed by atoms with van der Waals surface area (Å²) in [7, 11) is 0. The van der Waals surface area contributed by atoms with Crippen molar-refractivity contribution in [2.75, 3.05) is 6.54 Å². The Morgan fingerprint density at radius 2 is 2.00 bits per heavy atom. The van der Waals surface area contributed by atoms with E-state index in [1.807, 2.05) is 12.1 Å². The number of rotatable bonds is 2. The van der Waals surface area contributed by atoms with Crippen molar-refractivity contribution in [1.82, 2.24) is 15.5 Å². The van der Waals surface area contributed by atoms with Crippen LogP contribution in [0.15, 0.2) is 28.8 Å². The highest BCUT2D eigenvalue weighted by atomic mass is 35.5. The average molecular weight is 280 g/mol. The molecule has 19 heavy (non-hydrogen) atoms. The highest BCUT2D eigenvalue weighted by Gasteiger charge is 2.21. The van der Waals surface area contributed by atoms with E-state index in [-0.39, 0.29) is 18.4 Å². The Kier molecular flexibility index (Phi) is 4.56. The van der Waals surface area contributed by atoms with Crippen molar-refractivity contribution >= 4 is 12.4 Å². The molecule has 1 atom stereocenters. The molecule has 0 aliphatic carbocycles. The molecule has 0 amide bonds. The van der Waals surface area contributed by atoms with Crippen LogP contribution >= 0.6 is 12.4 Å². The van der Waals surface area contributed by atoms with Gasteiger partial charge in [0, 0.05) is 5.56 Å². The molecular formula is C14H18ClN3O. The number of hydrogen-bond acceptors (Lipinski definition) is 4. The van der Waals surface area contributed by atoms with Crippen molar-refractivity contribution in [3.8, 4) is 11.4 Å². The first-order chi connectivity index (χ1) is 8.83. The summed E-state index contributed by atoms with van der Waals surface area (Å²) >= 11 is 0. The topological polar surface area (TPSA) is 51.0 Å². The summed E-state index contributed by atoms with van der Waals surface area (Å²) in [5.74, 6) is 1.39. The molecule has 0 unspecified atom stereocenters. The summed E-state index contributed by atoms with van der Waals surface area (Å²) in [6.07, 6.45) is 3.53. The molecule has 1 saturated heterocycles.